The number of aromatic nitrogens is 2. The number of rotatable bonds is 6. The number of fused-ring (bicyclic) bond motifs is 1. The lowest BCUT2D eigenvalue weighted by Crippen LogP contribution is -2.52. The molecular weight excluding hydrogens is 468 g/mol. The van der Waals surface area contributed by atoms with Crippen LogP contribution < -0.4 is 19.7 Å². The summed E-state index contributed by atoms with van der Waals surface area (Å²) in [5.41, 5.74) is 2.99. The van der Waals surface area contributed by atoms with Gasteiger partial charge in [-0.1, -0.05) is 43.5 Å². The maximum absolute atomic E-state index is 14.3. The first-order valence-corrected chi connectivity index (χ1v) is 13.0. The minimum absolute atomic E-state index is 0.0567. The van der Waals surface area contributed by atoms with Crippen LogP contribution in [0.4, 0.5) is 5.69 Å². The summed E-state index contributed by atoms with van der Waals surface area (Å²) in [4.78, 5) is 29.9. The molecule has 2 atom stereocenters. The lowest BCUT2D eigenvalue weighted by Gasteiger charge is -2.36. The second kappa shape index (κ2) is 10.7. The Morgan fingerprint density at radius 3 is 2.51 bits per heavy atom. The number of amides is 2. The molecule has 0 bridgehead atoms. The fourth-order valence-corrected chi connectivity index (χ4v) is 5.29. The van der Waals surface area contributed by atoms with Crippen LogP contribution in [-0.2, 0) is 16.6 Å². The Morgan fingerprint density at radius 2 is 1.81 bits per heavy atom. The number of nitrogens with zero attached hydrogens (tertiary/aromatic N) is 3. The molecule has 2 aliphatic rings. The standard InChI is InChI=1S/C29H34N4O4/c1-19-10-9-13-22(16-19)33(29(35)26-18-36-24-14-7-8-15-25(24)37-26)27(23-17-32(3)31-20(23)2)28(34)30-21-11-5-4-6-12-21/h7-10,13-17,21,26-27H,4-6,11-12,18H2,1-3H3,(H,30,34)/t26-,27-/m0/s1. The van der Waals surface area contributed by atoms with E-state index in [1.165, 1.54) is 6.42 Å². The van der Waals surface area contributed by atoms with Crippen LogP contribution in [0.25, 0.3) is 0 Å². The van der Waals surface area contributed by atoms with Crippen molar-refractivity contribution in [3.63, 3.8) is 0 Å². The third kappa shape index (κ3) is 5.33. The lowest BCUT2D eigenvalue weighted by atomic mass is 9.94. The number of benzene rings is 2. The number of anilines is 1. The highest BCUT2D eigenvalue weighted by Gasteiger charge is 2.41. The second-order valence-electron chi connectivity index (χ2n) is 10.0. The first kappa shape index (κ1) is 24.9. The third-order valence-corrected chi connectivity index (χ3v) is 7.11. The smallest absolute Gasteiger partial charge is 0.272 e. The third-order valence-electron chi connectivity index (χ3n) is 7.11. The van der Waals surface area contributed by atoms with Crippen molar-refractivity contribution in [2.24, 2.45) is 7.05 Å². The molecule has 0 spiro atoms. The van der Waals surface area contributed by atoms with Crippen molar-refractivity contribution in [3.05, 3.63) is 71.5 Å². The first-order chi connectivity index (χ1) is 17.9. The molecule has 1 aromatic heterocycles. The van der Waals surface area contributed by atoms with Crippen molar-refractivity contribution in [2.45, 2.75) is 64.1 Å². The van der Waals surface area contributed by atoms with E-state index in [0.29, 0.717) is 28.4 Å². The van der Waals surface area contributed by atoms with Gasteiger partial charge in [-0.05, 0) is 56.5 Å². The van der Waals surface area contributed by atoms with Crippen molar-refractivity contribution in [1.82, 2.24) is 15.1 Å². The molecule has 1 aliphatic carbocycles. The molecule has 0 unspecified atom stereocenters. The topological polar surface area (TPSA) is 85.7 Å². The number of carbonyl (C=O) groups is 2. The Kier molecular flexibility index (Phi) is 7.17. The molecule has 5 rings (SSSR count). The molecule has 8 heteroatoms. The molecule has 2 heterocycles. The molecule has 1 N–H and O–H groups in total. The normalized spacial score (nSPS) is 18.2. The maximum Gasteiger partial charge on any atom is 0.272 e. The van der Waals surface area contributed by atoms with Crippen molar-refractivity contribution in [1.29, 1.82) is 0 Å². The number of carbonyl (C=O) groups excluding carboxylic acids is 2. The van der Waals surface area contributed by atoms with E-state index < -0.39 is 12.1 Å². The molecule has 0 radical (unpaired) electrons. The minimum atomic E-state index is -0.911. The zero-order valence-electron chi connectivity index (χ0n) is 21.6. The molecule has 194 valence electrons. The summed E-state index contributed by atoms with van der Waals surface area (Å²) in [6.45, 7) is 3.89. The van der Waals surface area contributed by atoms with E-state index in [4.69, 9.17) is 9.47 Å². The van der Waals surface area contributed by atoms with Crippen LogP contribution in [0.2, 0.25) is 0 Å². The number of hydrogen-bond acceptors (Lipinski definition) is 5. The number of nitrogens with one attached hydrogen (secondary N) is 1. The highest BCUT2D eigenvalue weighted by Crippen LogP contribution is 2.35. The SMILES string of the molecule is Cc1cccc(N(C(=O)[C@@H]2COc3ccccc3O2)[C@H](C(=O)NC2CCCCC2)c2cn(C)nc2C)c1. The second-order valence-corrected chi connectivity index (χ2v) is 10.0. The number of para-hydroxylation sites is 2. The zero-order valence-corrected chi connectivity index (χ0v) is 21.6. The first-order valence-electron chi connectivity index (χ1n) is 13.0. The monoisotopic (exact) mass is 502 g/mol. The summed E-state index contributed by atoms with van der Waals surface area (Å²) < 4.78 is 13.7. The van der Waals surface area contributed by atoms with Gasteiger partial charge in [0.05, 0.1) is 5.69 Å². The Morgan fingerprint density at radius 1 is 1.05 bits per heavy atom. The van der Waals surface area contributed by atoms with Gasteiger partial charge in [-0.2, -0.15) is 5.10 Å². The van der Waals surface area contributed by atoms with E-state index in [-0.39, 0.29) is 24.5 Å². The van der Waals surface area contributed by atoms with Crippen LogP contribution in [0.1, 0.15) is 55.0 Å². The molecule has 1 saturated carbocycles. The molecule has 1 aliphatic heterocycles. The van der Waals surface area contributed by atoms with Crippen LogP contribution in [0.15, 0.2) is 54.7 Å². The van der Waals surface area contributed by atoms with E-state index >= 15 is 0 Å². The van der Waals surface area contributed by atoms with Crippen molar-refractivity contribution in [3.8, 4) is 11.5 Å². The number of aryl methyl sites for hydroxylation is 3. The van der Waals surface area contributed by atoms with E-state index in [2.05, 4.69) is 10.4 Å². The molecular formula is C29H34N4O4. The summed E-state index contributed by atoms with van der Waals surface area (Å²) in [5, 5.41) is 7.75. The fraction of sp³-hybridized carbons (Fsp3) is 0.414. The summed E-state index contributed by atoms with van der Waals surface area (Å²) in [5.74, 6) is 0.558. The predicted molar refractivity (Wildman–Crippen MR) is 141 cm³/mol. The average Bonchev–Trinajstić information content (AvgIpc) is 3.24. The maximum atomic E-state index is 14.3. The van der Waals surface area contributed by atoms with Crippen molar-refractivity contribution < 1.29 is 19.1 Å². The summed E-state index contributed by atoms with van der Waals surface area (Å²) in [6, 6.07) is 14.1. The van der Waals surface area contributed by atoms with Gasteiger partial charge in [0, 0.05) is 30.5 Å². The van der Waals surface area contributed by atoms with Gasteiger partial charge < -0.3 is 14.8 Å². The Bertz CT molecular complexity index is 1280. The van der Waals surface area contributed by atoms with Gasteiger partial charge >= 0.3 is 0 Å². The fourth-order valence-electron chi connectivity index (χ4n) is 5.29. The van der Waals surface area contributed by atoms with E-state index in [1.807, 2.05) is 69.6 Å². The van der Waals surface area contributed by atoms with Gasteiger partial charge in [0.25, 0.3) is 5.91 Å². The minimum Gasteiger partial charge on any atom is -0.485 e. The Labute approximate surface area is 217 Å². The molecule has 2 amide bonds. The Hall–Kier alpha value is -3.81. The van der Waals surface area contributed by atoms with Crippen LogP contribution in [0.3, 0.4) is 0 Å². The van der Waals surface area contributed by atoms with Crippen molar-refractivity contribution >= 4 is 17.5 Å². The molecule has 0 saturated heterocycles. The molecule has 1 fully saturated rings. The van der Waals surface area contributed by atoms with Crippen LogP contribution in [0.5, 0.6) is 11.5 Å². The molecule has 2 aromatic carbocycles. The van der Waals surface area contributed by atoms with Gasteiger partial charge in [-0.25, -0.2) is 0 Å². The van der Waals surface area contributed by atoms with Gasteiger partial charge in [-0.15, -0.1) is 0 Å². The molecule has 3 aromatic rings. The zero-order chi connectivity index (χ0) is 25.9. The number of hydrogen-bond donors (Lipinski definition) is 1. The van der Waals surface area contributed by atoms with Crippen LogP contribution in [-0.4, -0.2) is 40.3 Å². The number of ether oxygens (including phenoxy) is 2. The van der Waals surface area contributed by atoms with Gasteiger partial charge in [-0.3, -0.25) is 19.2 Å². The van der Waals surface area contributed by atoms with E-state index in [1.54, 1.807) is 15.6 Å². The highest BCUT2D eigenvalue weighted by atomic mass is 16.6. The highest BCUT2D eigenvalue weighted by molar-refractivity contribution is 6.03. The average molecular weight is 503 g/mol. The summed E-state index contributed by atoms with van der Waals surface area (Å²) in [7, 11) is 1.82. The summed E-state index contributed by atoms with van der Waals surface area (Å²) >= 11 is 0. The summed E-state index contributed by atoms with van der Waals surface area (Å²) in [6.07, 6.45) is 6.18. The quantitative estimate of drug-likeness (QED) is 0.540. The molecule has 8 nitrogen and oxygen atoms in total. The van der Waals surface area contributed by atoms with E-state index in [9.17, 15) is 9.59 Å². The van der Waals surface area contributed by atoms with Crippen molar-refractivity contribution in [2.75, 3.05) is 11.5 Å². The van der Waals surface area contributed by atoms with Gasteiger partial charge in [0.1, 0.15) is 12.6 Å². The Balaban J connectivity index is 1.56. The van der Waals surface area contributed by atoms with Crippen LogP contribution in [0, 0.1) is 13.8 Å². The van der Waals surface area contributed by atoms with Gasteiger partial charge in [0.15, 0.2) is 11.5 Å². The van der Waals surface area contributed by atoms with Crippen LogP contribution >= 0.6 is 0 Å². The van der Waals surface area contributed by atoms with Gasteiger partial charge in [0.2, 0.25) is 12.0 Å². The predicted octanol–water partition coefficient (Wildman–Crippen LogP) is 4.40. The van der Waals surface area contributed by atoms with E-state index in [0.717, 1.165) is 31.2 Å². The molecule has 37 heavy (non-hydrogen) atoms. The lowest BCUT2D eigenvalue weighted by molar-refractivity contribution is -0.132. The largest absolute Gasteiger partial charge is 0.485 e.